The maximum Gasteiger partial charge on any atom is 0.338 e. The number of fused-ring (bicyclic) bond motifs is 9. The van der Waals surface area contributed by atoms with Gasteiger partial charge < -0.3 is 14.5 Å². The van der Waals surface area contributed by atoms with Gasteiger partial charge in [-0.2, -0.15) is 0 Å². The highest BCUT2D eigenvalue weighted by atomic mass is 32.2. The van der Waals surface area contributed by atoms with Crippen LogP contribution in [-0.4, -0.2) is 34.6 Å². The smallest absolute Gasteiger partial charge is 0.338 e. The van der Waals surface area contributed by atoms with Crippen molar-refractivity contribution in [2.75, 3.05) is 11.5 Å². The molecule has 4 aliphatic rings. The molecule has 1 N–H and O–H groups in total. The van der Waals surface area contributed by atoms with E-state index in [0.717, 1.165) is 33.2 Å². The largest absolute Gasteiger partial charge is 0.489 e. The maximum atomic E-state index is 14.1. The van der Waals surface area contributed by atoms with Gasteiger partial charge >= 0.3 is 10.8 Å². The third-order valence-corrected chi connectivity index (χ3v) is 12.4. The summed E-state index contributed by atoms with van der Waals surface area (Å²) in [4.78, 5) is 58.3. The number of thiazole rings is 1. The Bertz CT molecular complexity index is 1870. The van der Waals surface area contributed by atoms with E-state index in [4.69, 9.17) is 9.47 Å². The Hall–Kier alpha value is -4.15. The fourth-order valence-electron chi connectivity index (χ4n) is 8.18. The number of thioether (sulfide) groups is 1. The van der Waals surface area contributed by atoms with Crippen molar-refractivity contribution in [3.63, 3.8) is 0 Å². The van der Waals surface area contributed by atoms with Crippen LogP contribution in [0.15, 0.2) is 88.7 Å². The van der Waals surface area contributed by atoms with Crippen LogP contribution in [0.1, 0.15) is 45.6 Å². The highest BCUT2D eigenvalue weighted by Crippen LogP contribution is 2.69. The number of hydrogen-bond donors (Lipinski definition) is 1. The molecule has 8 rings (SSSR count). The summed E-state index contributed by atoms with van der Waals surface area (Å²) in [6, 6.07) is 24.5. The number of H-pyrrole nitrogens is 1. The van der Waals surface area contributed by atoms with Crippen LogP contribution in [0.3, 0.4) is 0 Å². The molecule has 4 aromatic rings. The Balaban J connectivity index is 1.14. The lowest BCUT2D eigenvalue weighted by molar-refractivity contribution is -0.123. The van der Waals surface area contributed by atoms with Crippen LogP contribution in [0.5, 0.6) is 5.75 Å². The van der Waals surface area contributed by atoms with Gasteiger partial charge in [-0.15, -0.1) is 11.8 Å². The molecule has 0 spiro atoms. The SMILES string of the molecule is CCOC(=O)c1ccc(N2C(=O)[C@H]3[C@H]4C[C@@H]([C@@H]3C2=O)[C@H]2[C@H](c3ccccc3OCc3ccccc3)c3sc(=O)[nH]c3S[C@H]42)cc1. The quantitative estimate of drug-likeness (QED) is 0.199. The fourth-order valence-corrected chi connectivity index (χ4v) is 11.1. The molecule has 1 aromatic heterocycles. The van der Waals surface area contributed by atoms with Crippen molar-refractivity contribution in [2.45, 2.75) is 36.1 Å². The van der Waals surface area contributed by atoms with Gasteiger partial charge in [0.2, 0.25) is 11.8 Å². The van der Waals surface area contributed by atoms with Crippen LogP contribution < -0.4 is 14.5 Å². The molecular weight excluding hydrogens is 609 g/mol. The number of amides is 2. The van der Waals surface area contributed by atoms with E-state index in [9.17, 15) is 19.2 Å². The van der Waals surface area contributed by atoms with Crippen molar-refractivity contribution in [1.82, 2.24) is 4.98 Å². The first-order chi connectivity index (χ1) is 21.9. The average Bonchev–Trinajstić information content (AvgIpc) is 3.79. The first-order valence-electron chi connectivity index (χ1n) is 15.2. The van der Waals surface area contributed by atoms with Crippen LogP contribution in [0.4, 0.5) is 5.69 Å². The normalized spacial score (nSPS) is 27.7. The standard InChI is InChI=1S/C35H30N2O6S2/c1-2-42-34(40)19-12-14-20(15-13-19)37-32(38)27-22-16-23(28(27)33(37)39)29-26(22)25(30-31(44-29)36-35(41)45-30)21-10-6-7-11-24(21)43-17-18-8-4-3-5-9-18/h3-15,22-23,25-29H,2,16-17H2,1H3,(H,36,41)/t22-,23-,25+,26+,27+,28+,29-/m1/s1. The lowest BCUT2D eigenvalue weighted by atomic mass is 9.68. The average molecular weight is 639 g/mol. The van der Waals surface area contributed by atoms with Gasteiger partial charge in [0.15, 0.2) is 0 Å². The van der Waals surface area contributed by atoms with E-state index in [2.05, 4.69) is 11.1 Å². The van der Waals surface area contributed by atoms with Crippen LogP contribution in [-0.2, 0) is 20.9 Å². The zero-order valence-corrected chi connectivity index (χ0v) is 26.0. The van der Waals surface area contributed by atoms with Crippen LogP contribution in [0.2, 0.25) is 0 Å². The van der Waals surface area contributed by atoms with Gasteiger partial charge in [0, 0.05) is 21.6 Å². The zero-order chi connectivity index (χ0) is 30.8. The highest BCUT2D eigenvalue weighted by molar-refractivity contribution is 8.00. The number of nitrogens with zero attached hydrogens (tertiary/aromatic N) is 1. The monoisotopic (exact) mass is 638 g/mol. The second-order valence-electron chi connectivity index (χ2n) is 12.1. The number of ether oxygens (including phenoxy) is 2. The molecule has 0 unspecified atom stereocenters. The van der Waals surface area contributed by atoms with E-state index < -0.39 is 17.8 Å². The number of rotatable bonds is 7. The van der Waals surface area contributed by atoms with E-state index in [1.165, 1.54) is 16.2 Å². The van der Waals surface area contributed by atoms with Gasteiger partial charge in [0.05, 0.1) is 34.7 Å². The molecule has 0 radical (unpaired) electrons. The Morgan fingerprint density at radius 3 is 2.38 bits per heavy atom. The molecular formula is C35H30N2O6S2. The summed E-state index contributed by atoms with van der Waals surface area (Å²) >= 11 is 2.90. The van der Waals surface area contributed by atoms with Crippen molar-refractivity contribution in [3.8, 4) is 5.75 Å². The molecule has 2 amide bonds. The number of hydrogen-bond acceptors (Lipinski definition) is 8. The lowest BCUT2D eigenvalue weighted by Gasteiger charge is -2.43. The number of aromatic nitrogens is 1. The van der Waals surface area contributed by atoms with Crippen LogP contribution in [0, 0.1) is 29.6 Å². The number of para-hydroxylation sites is 1. The third-order valence-electron chi connectivity index (χ3n) is 9.85. The molecule has 2 bridgehead atoms. The third kappa shape index (κ3) is 4.48. The van der Waals surface area contributed by atoms with Gasteiger partial charge in [0.1, 0.15) is 12.4 Å². The molecule has 3 heterocycles. The molecule has 7 atom stereocenters. The van der Waals surface area contributed by atoms with Gasteiger partial charge in [0.25, 0.3) is 0 Å². The predicted octanol–water partition coefficient (Wildman–Crippen LogP) is 5.87. The number of imide groups is 1. The van der Waals surface area contributed by atoms with Crippen molar-refractivity contribution in [2.24, 2.45) is 29.6 Å². The van der Waals surface area contributed by atoms with E-state index >= 15 is 0 Å². The Morgan fingerprint density at radius 1 is 0.911 bits per heavy atom. The Labute approximate surface area is 267 Å². The molecule has 8 nitrogen and oxygen atoms in total. The molecule has 3 aromatic carbocycles. The first kappa shape index (κ1) is 28.3. The number of aromatic amines is 1. The minimum Gasteiger partial charge on any atom is -0.489 e. The van der Waals surface area contributed by atoms with Crippen molar-refractivity contribution < 1.29 is 23.9 Å². The molecule has 2 aliphatic carbocycles. The molecule has 228 valence electrons. The van der Waals surface area contributed by atoms with E-state index in [0.29, 0.717) is 17.9 Å². The summed E-state index contributed by atoms with van der Waals surface area (Å²) in [5.41, 5.74) is 2.91. The summed E-state index contributed by atoms with van der Waals surface area (Å²) in [7, 11) is 0. The van der Waals surface area contributed by atoms with E-state index in [1.807, 2.05) is 48.5 Å². The first-order valence-corrected chi connectivity index (χ1v) is 16.9. The molecule has 1 saturated heterocycles. The maximum absolute atomic E-state index is 14.1. The minimum atomic E-state index is -0.441. The molecule has 2 aliphatic heterocycles. The van der Waals surface area contributed by atoms with Crippen LogP contribution >= 0.6 is 23.1 Å². The lowest BCUT2D eigenvalue weighted by Crippen LogP contribution is -2.42. The highest BCUT2D eigenvalue weighted by Gasteiger charge is 2.69. The fraction of sp³-hybridized carbons (Fsp3) is 0.314. The topological polar surface area (TPSA) is 106 Å². The summed E-state index contributed by atoms with van der Waals surface area (Å²) in [5, 5.41) is 0.936. The number of benzene rings is 3. The van der Waals surface area contributed by atoms with Crippen molar-refractivity contribution >= 4 is 46.6 Å². The number of esters is 1. The summed E-state index contributed by atoms with van der Waals surface area (Å²) in [6.07, 6.45) is 0.799. The summed E-state index contributed by atoms with van der Waals surface area (Å²) in [5.74, 6) is -0.947. The van der Waals surface area contributed by atoms with E-state index in [-0.39, 0.29) is 52.2 Å². The Morgan fingerprint density at radius 2 is 1.62 bits per heavy atom. The zero-order valence-electron chi connectivity index (χ0n) is 24.4. The van der Waals surface area contributed by atoms with Crippen LogP contribution in [0.25, 0.3) is 0 Å². The molecule has 45 heavy (non-hydrogen) atoms. The molecule has 10 heteroatoms. The van der Waals surface area contributed by atoms with Gasteiger partial charge in [-0.1, -0.05) is 59.9 Å². The van der Waals surface area contributed by atoms with Crippen molar-refractivity contribution in [1.29, 1.82) is 0 Å². The summed E-state index contributed by atoms with van der Waals surface area (Å²) in [6.45, 7) is 2.42. The second kappa shape index (κ2) is 11.0. The minimum absolute atomic E-state index is 0.00621. The predicted molar refractivity (Wildman–Crippen MR) is 171 cm³/mol. The van der Waals surface area contributed by atoms with Gasteiger partial charge in [-0.3, -0.25) is 19.3 Å². The number of carbonyl (C=O) groups excluding carboxylic acids is 3. The number of nitrogens with one attached hydrogen (secondary N) is 1. The number of anilines is 1. The van der Waals surface area contributed by atoms with Crippen molar-refractivity contribution in [3.05, 3.63) is 110 Å². The molecule has 2 saturated carbocycles. The van der Waals surface area contributed by atoms with E-state index in [1.54, 1.807) is 43.0 Å². The second-order valence-corrected chi connectivity index (χ2v) is 14.3. The van der Waals surface area contributed by atoms with Gasteiger partial charge in [-0.25, -0.2) is 4.79 Å². The van der Waals surface area contributed by atoms with Gasteiger partial charge in [-0.05, 0) is 67.0 Å². The molecule has 3 fully saturated rings. The Kier molecular flexibility index (Phi) is 6.94. The number of carbonyl (C=O) groups is 3. The summed E-state index contributed by atoms with van der Waals surface area (Å²) < 4.78 is 11.5.